The zero-order valence-corrected chi connectivity index (χ0v) is 15.4. The molecule has 0 aliphatic heterocycles. The van der Waals surface area contributed by atoms with Gasteiger partial charge in [0.25, 0.3) is 0 Å². The van der Waals surface area contributed by atoms with E-state index in [-0.39, 0.29) is 23.5 Å². The number of para-hydroxylation sites is 1. The lowest BCUT2D eigenvalue weighted by atomic mass is 10.2. The van der Waals surface area contributed by atoms with Crippen LogP contribution >= 0.6 is 0 Å². The Morgan fingerprint density at radius 3 is 2.59 bits per heavy atom. The van der Waals surface area contributed by atoms with E-state index in [2.05, 4.69) is 0 Å². The molecule has 7 heteroatoms. The maximum absolute atomic E-state index is 12.6. The smallest absolute Gasteiger partial charge is 0.371 e. The first-order valence-corrected chi connectivity index (χ1v) is 8.75. The number of carbonyl (C=O) groups is 1. The molecular weight excluding hydrogens is 376 g/mol. The molecule has 0 aliphatic carbocycles. The van der Waals surface area contributed by atoms with Gasteiger partial charge in [0.1, 0.15) is 35.7 Å². The number of fused-ring (bicyclic) bond motifs is 1. The molecule has 0 spiro atoms. The van der Waals surface area contributed by atoms with Crippen molar-refractivity contribution in [2.75, 3.05) is 0 Å². The third kappa shape index (κ3) is 3.84. The molecule has 29 heavy (non-hydrogen) atoms. The minimum atomic E-state index is -1.14. The number of rotatable bonds is 6. The van der Waals surface area contributed by atoms with E-state index in [9.17, 15) is 9.59 Å². The molecule has 0 unspecified atom stereocenters. The summed E-state index contributed by atoms with van der Waals surface area (Å²) in [6.07, 6.45) is 1.26. The first-order chi connectivity index (χ1) is 14.0. The number of carboxylic acid groups (broad SMARTS) is 1. The lowest BCUT2D eigenvalue weighted by Crippen LogP contribution is -2.05. The van der Waals surface area contributed by atoms with Gasteiger partial charge in [0.05, 0.1) is 5.39 Å². The first-order valence-electron chi connectivity index (χ1n) is 8.75. The molecule has 2 aromatic carbocycles. The Hall–Kier alpha value is -4.00. The van der Waals surface area contributed by atoms with Gasteiger partial charge in [-0.25, -0.2) is 4.79 Å². The molecule has 0 saturated carbocycles. The molecule has 0 aliphatic rings. The SMILES string of the molecule is Cc1oc(C(=O)O)cc1COc1ccc2c(=O)c(Oc3ccccc3)coc2c1. The highest BCUT2D eigenvalue weighted by Gasteiger charge is 2.14. The number of hydrogen-bond donors (Lipinski definition) is 1. The number of furan rings is 1. The van der Waals surface area contributed by atoms with E-state index in [1.54, 1.807) is 37.3 Å². The fourth-order valence-electron chi connectivity index (χ4n) is 2.80. The largest absolute Gasteiger partial charge is 0.489 e. The Bertz CT molecular complexity index is 1240. The monoisotopic (exact) mass is 392 g/mol. The fraction of sp³-hybridized carbons (Fsp3) is 0.0909. The van der Waals surface area contributed by atoms with Gasteiger partial charge in [-0.3, -0.25) is 4.79 Å². The standard InChI is InChI=1S/C22H16O7/c1-13-14(9-19(28-13)22(24)25)11-26-16-7-8-17-18(10-16)27-12-20(21(17)23)29-15-5-3-2-4-6-15/h2-10,12H,11H2,1H3,(H,24,25). The Kier molecular flexibility index (Phi) is 4.78. The van der Waals surface area contributed by atoms with Crippen LogP contribution in [0.3, 0.4) is 0 Å². The quantitative estimate of drug-likeness (QED) is 0.505. The number of aryl methyl sites for hydroxylation is 1. The van der Waals surface area contributed by atoms with E-state index in [0.29, 0.717) is 33.8 Å². The molecule has 0 amide bonds. The summed E-state index contributed by atoms with van der Waals surface area (Å²) in [4.78, 5) is 23.6. The maximum atomic E-state index is 12.6. The van der Waals surface area contributed by atoms with Crippen LogP contribution in [-0.4, -0.2) is 11.1 Å². The van der Waals surface area contributed by atoms with Gasteiger partial charge in [-0.15, -0.1) is 0 Å². The number of carboxylic acids is 1. The van der Waals surface area contributed by atoms with E-state index < -0.39 is 5.97 Å². The Morgan fingerprint density at radius 1 is 1.07 bits per heavy atom. The van der Waals surface area contributed by atoms with Crippen LogP contribution < -0.4 is 14.9 Å². The molecule has 2 heterocycles. The van der Waals surface area contributed by atoms with Crippen LogP contribution in [0.15, 0.2) is 74.5 Å². The van der Waals surface area contributed by atoms with Crippen molar-refractivity contribution in [2.24, 2.45) is 0 Å². The molecule has 0 bridgehead atoms. The molecule has 2 aromatic heterocycles. The van der Waals surface area contributed by atoms with Crippen LogP contribution in [0.2, 0.25) is 0 Å². The lowest BCUT2D eigenvalue weighted by molar-refractivity contribution is 0.0661. The molecule has 7 nitrogen and oxygen atoms in total. The van der Waals surface area contributed by atoms with Gasteiger partial charge in [0, 0.05) is 11.6 Å². The third-order valence-electron chi connectivity index (χ3n) is 4.31. The van der Waals surface area contributed by atoms with Crippen molar-refractivity contribution in [2.45, 2.75) is 13.5 Å². The summed E-state index contributed by atoms with van der Waals surface area (Å²) in [6, 6.07) is 15.2. The Balaban J connectivity index is 1.55. The molecular formula is C22H16O7. The van der Waals surface area contributed by atoms with Crippen LogP contribution in [0, 0.1) is 6.92 Å². The van der Waals surface area contributed by atoms with Crippen molar-refractivity contribution in [3.8, 4) is 17.2 Å². The van der Waals surface area contributed by atoms with E-state index in [0.717, 1.165) is 0 Å². The van der Waals surface area contributed by atoms with Gasteiger partial charge < -0.3 is 23.4 Å². The second kappa shape index (κ2) is 7.55. The molecule has 146 valence electrons. The third-order valence-corrected chi connectivity index (χ3v) is 4.31. The van der Waals surface area contributed by atoms with Gasteiger partial charge in [-0.1, -0.05) is 18.2 Å². The minimum Gasteiger partial charge on any atom is -0.489 e. The Labute approximate surface area is 164 Å². The van der Waals surface area contributed by atoms with Crippen LogP contribution in [-0.2, 0) is 6.61 Å². The zero-order valence-electron chi connectivity index (χ0n) is 15.4. The minimum absolute atomic E-state index is 0.0904. The van der Waals surface area contributed by atoms with E-state index >= 15 is 0 Å². The summed E-state index contributed by atoms with van der Waals surface area (Å²) in [5.41, 5.74) is 0.678. The van der Waals surface area contributed by atoms with Crippen molar-refractivity contribution in [1.82, 2.24) is 0 Å². The molecule has 0 saturated heterocycles. The molecule has 0 radical (unpaired) electrons. The number of hydrogen-bond acceptors (Lipinski definition) is 6. The van der Waals surface area contributed by atoms with Gasteiger partial charge >= 0.3 is 5.97 Å². The summed E-state index contributed by atoms with van der Waals surface area (Å²) < 4.78 is 22.0. The first kappa shape index (κ1) is 18.4. The van der Waals surface area contributed by atoms with E-state index in [1.807, 2.05) is 18.2 Å². The summed E-state index contributed by atoms with van der Waals surface area (Å²) in [5, 5.41) is 9.34. The molecule has 1 N–H and O–H groups in total. The summed E-state index contributed by atoms with van der Waals surface area (Å²) in [5.74, 6) is 0.284. The molecule has 4 rings (SSSR count). The zero-order chi connectivity index (χ0) is 20.4. The number of benzene rings is 2. The van der Waals surface area contributed by atoms with Crippen molar-refractivity contribution < 1.29 is 28.2 Å². The highest BCUT2D eigenvalue weighted by atomic mass is 16.5. The van der Waals surface area contributed by atoms with Crippen molar-refractivity contribution in [3.05, 3.63) is 88.2 Å². The lowest BCUT2D eigenvalue weighted by Gasteiger charge is -2.08. The summed E-state index contributed by atoms with van der Waals surface area (Å²) >= 11 is 0. The van der Waals surface area contributed by atoms with Gasteiger partial charge in [0.15, 0.2) is 0 Å². The van der Waals surface area contributed by atoms with Crippen molar-refractivity contribution in [1.29, 1.82) is 0 Å². The maximum Gasteiger partial charge on any atom is 0.371 e. The van der Waals surface area contributed by atoms with Crippen LogP contribution in [0.25, 0.3) is 11.0 Å². The Morgan fingerprint density at radius 2 is 1.86 bits per heavy atom. The second-order valence-electron chi connectivity index (χ2n) is 6.29. The second-order valence-corrected chi connectivity index (χ2v) is 6.29. The average molecular weight is 392 g/mol. The predicted octanol–water partition coefficient (Wildman–Crippen LogP) is 4.76. The number of aromatic carboxylic acids is 1. The number of ether oxygens (including phenoxy) is 2. The van der Waals surface area contributed by atoms with Gasteiger partial charge in [-0.05, 0) is 37.3 Å². The van der Waals surface area contributed by atoms with Crippen molar-refractivity contribution in [3.63, 3.8) is 0 Å². The average Bonchev–Trinajstić information content (AvgIpc) is 3.10. The highest BCUT2D eigenvalue weighted by molar-refractivity contribution is 5.84. The molecule has 0 fully saturated rings. The molecule has 0 atom stereocenters. The highest BCUT2D eigenvalue weighted by Crippen LogP contribution is 2.25. The van der Waals surface area contributed by atoms with E-state index in [4.69, 9.17) is 23.4 Å². The predicted molar refractivity (Wildman–Crippen MR) is 104 cm³/mol. The van der Waals surface area contributed by atoms with E-state index in [1.165, 1.54) is 12.3 Å². The topological polar surface area (TPSA) is 99.1 Å². The van der Waals surface area contributed by atoms with Crippen molar-refractivity contribution >= 4 is 16.9 Å². The fourth-order valence-corrected chi connectivity index (χ4v) is 2.80. The normalized spacial score (nSPS) is 10.8. The van der Waals surface area contributed by atoms with Gasteiger partial charge in [-0.2, -0.15) is 0 Å². The van der Waals surface area contributed by atoms with Crippen LogP contribution in [0.5, 0.6) is 17.2 Å². The van der Waals surface area contributed by atoms with Crippen LogP contribution in [0.1, 0.15) is 21.9 Å². The summed E-state index contributed by atoms with van der Waals surface area (Å²) in [6.45, 7) is 1.78. The summed E-state index contributed by atoms with van der Waals surface area (Å²) in [7, 11) is 0. The van der Waals surface area contributed by atoms with Crippen LogP contribution in [0.4, 0.5) is 0 Å². The molecule has 4 aromatic rings. The van der Waals surface area contributed by atoms with Gasteiger partial charge in [0.2, 0.25) is 16.9 Å².